The van der Waals surface area contributed by atoms with Gasteiger partial charge in [0.2, 0.25) is 10.0 Å². The van der Waals surface area contributed by atoms with Gasteiger partial charge in [-0.2, -0.15) is 11.8 Å². The molecule has 136 valence electrons. The van der Waals surface area contributed by atoms with Crippen molar-refractivity contribution in [3.05, 3.63) is 57.3 Å². The molecule has 0 fully saturated rings. The van der Waals surface area contributed by atoms with Gasteiger partial charge >= 0.3 is 0 Å². The van der Waals surface area contributed by atoms with Gasteiger partial charge in [-0.05, 0) is 30.3 Å². The Balaban J connectivity index is 1.92. The fourth-order valence-electron chi connectivity index (χ4n) is 2.03. The molecule has 0 amide bonds. The first-order chi connectivity index (χ1) is 11.8. The zero-order chi connectivity index (χ0) is 18.4. The van der Waals surface area contributed by atoms with Crippen LogP contribution >= 0.6 is 39.3 Å². The lowest BCUT2D eigenvalue weighted by Gasteiger charge is -2.11. The first-order valence-electron chi connectivity index (χ1n) is 7.19. The minimum atomic E-state index is -3.71. The number of nitrogens with one attached hydrogen (secondary N) is 1. The predicted molar refractivity (Wildman–Crippen MR) is 103 cm³/mol. The monoisotopic (exact) mass is 467 g/mol. The standard InChI is InChI=1S/C16H16BrClFNO3S2/c1-23-15-6-5-11(17)9-16(15)25(21,22)20-7-8-24-10-12-13(18)3-2-4-14(12)19/h2-6,9,20H,7-8,10H2,1H3. The number of ether oxygens (including phenoxy) is 1. The third-order valence-electron chi connectivity index (χ3n) is 3.26. The van der Waals surface area contributed by atoms with Gasteiger partial charge in [-0.1, -0.05) is 33.6 Å². The third-order valence-corrected chi connectivity index (χ3v) is 6.58. The van der Waals surface area contributed by atoms with Gasteiger partial charge in [0.15, 0.2) is 0 Å². The molecule has 0 aliphatic heterocycles. The normalized spacial score (nSPS) is 11.5. The van der Waals surface area contributed by atoms with Crippen LogP contribution in [0.2, 0.25) is 5.02 Å². The lowest BCUT2D eigenvalue weighted by molar-refractivity contribution is 0.402. The zero-order valence-corrected chi connectivity index (χ0v) is 17.2. The van der Waals surface area contributed by atoms with Crippen LogP contribution in [-0.4, -0.2) is 27.8 Å². The minimum Gasteiger partial charge on any atom is -0.495 e. The van der Waals surface area contributed by atoms with E-state index in [1.807, 2.05) is 0 Å². The number of sulfonamides is 1. The Bertz CT molecular complexity index is 829. The SMILES string of the molecule is COc1ccc(Br)cc1S(=O)(=O)NCCSCc1c(F)cccc1Cl. The molecule has 0 radical (unpaired) electrons. The summed E-state index contributed by atoms with van der Waals surface area (Å²) in [7, 11) is -2.29. The number of hydrogen-bond donors (Lipinski definition) is 1. The largest absolute Gasteiger partial charge is 0.495 e. The zero-order valence-electron chi connectivity index (χ0n) is 13.3. The van der Waals surface area contributed by atoms with Gasteiger partial charge in [0.1, 0.15) is 16.5 Å². The molecule has 2 aromatic rings. The van der Waals surface area contributed by atoms with Crippen LogP contribution in [0.5, 0.6) is 5.75 Å². The van der Waals surface area contributed by atoms with E-state index in [1.165, 1.54) is 31.0 Å². The van der Waals surface area contributed by atoms with E-state index in [9.17, 15) is 12.8 Å². The summed E-state index contributed by atoms with van der Waals surface area (Å²) in [5, 5.41) is 0.368. The summed E-state index contributed by atoms with van der Waals surface area (Å²) in [6.07, 6.45) is 0. The molecular formula is C16H16BrClFNO3S2. The minimum absolute atomic E-state index is 0.0616. The first kappa shape index (κ1) is 20.5. The van der Waals surface area contributed by atoms with Crippen molar-refractivity contribution in [1.82, 2.24) is 4.72 Å². The number of rotatable bonds is 8. The quantitative estimate of drug-likeness (QED) is 0.581. The second kappa shape index (κ2) is 9.23. The molecule has 0 aromatic heterocycles. The second-order valence-electron chi connectivity index (χ2n) is 4.95. The Labute approximate surface area is 164 Å². The maximum absolute atomic E-state index is 13.7. The Morgan fingerprint density at radius 2 is 2.08 bits per heavy atom. The van der Waals surface area contributed by atoms with E-state index in [2.05, 4.69) is 20.7 Å². The summed E-state index contributed by atoms with van der Waals surface area (Å²) in [6.45, 7) is 0.203. The van der Waals surface area contributed by atoms with Crippen molar-refractivity contribution in [2.24, 2.45) is 0 Å². The number of hydrogen-bond acceptors (Lipinski definition) is 4. The van der Waals surface area contributed by atoms with E-state index in [4.69, 9.17) is 16.3 Å². The highest BCUT2D eigenvalue weighted by Crippen LogP contribution is 2.27. The molecule has 9 heteroatoms. The van der Waals surface area contributed by atoms with E-state index in [0.29, 0.717) is 26.6 Å². The van der Waals surface area contributed by atoms with Gasteiger partial charge in [-0.25, -0.2) is 17.5 Å². The van der Waals surface area contributed by atoms with Crippen LogP contribution in [0.3, 0.4) is 0 Å². The molecular weight excluding hydrogens is 453 g/mol. The number of benzene rings is 2. The number of methoxy groups -OCH3 is 1. The smallest absolute Gasteiger partial charge is 0.244 e. The van der Waals surface area contributed by atoms with Gasteiger partial charge < -0.3 is 4.74 Å². The lowest BCUT2D eigenvalue weighted by Crippen LogP contribution is -2.26. The molecule has 25 heavy (non-hydrogen) atoms. The molecule has 1 N–H and O–H groups in total. The first-order valence-corrected chi connectivity index (χ1v) is 11.0. The molecule has 0 spiro atoms. The number of halogens is 3. The maximum atomic E-state index is 13.7. The molecule has 0 bridgehead atoms. The van der Waals surface area contributed by atoms with E-state index in [-0.39, 0.29) is 23.0 Å². The van der Waals surface area contributed by atoms with E-state index in [0.717, 1.165) is 0 Å². The predicted octanol–water partition coefficient (Wildman–Crippen LogP) is 4.46. The molecule has 0 aliphatic carbocycles. The van der Waals surface area contributed by atoms with Crippen LogP contribution in [-0.2, 0) is 15.8 Å². The highest BCUT2D eigenvalue weighted by Gasteiger charge is 2.19. The number of thioether (sulfide) groups is 1. The molecule has 0 saturated heterocycles. The van der Waals surface area contributed by atoms with Crippen molar-refractivity contribution in [1.29, 1.82) is 0 Å². The molecule has 2 rings (SSSR count). The molecule has 0 unspecified atom stereocenters. The summed E-state index contributed by atoms with van der Waals surface area (Å²) in [5.41, 5.74) is 0.422. The average molecular weight is 469 g/mol. The topological polar surface area (TPSA) is 55.4 Å². The van der Waals surface area contributed by atoms with Crippen molar-refractivity contribution < 1.29 is 17.5 Å². The summed E-state index contributed by atoms with van der Waals surface area (Å²) >= 11 is 10.6. The summed E-state index contributed by atoms with van der Waals surface area (Å²) in [4.78, 5) is 0.0616. The Kier molecular flexibility index (Phi) is 7.57. The maximum Gasteiger partial charge on any atom is 0.244 e. The van der Waals surface area contributed by atoms with Crippen LogP contribution in [0, 0.1) is 5.82 Å². The van der Waals surface area contributed by atoms with Crippen molar-refractivity contribution in [3.8, 4) is 5.75 Å². The molecule has 0 aliphatic rings. The van der Waals surface area contributed by atoms with E-state index in [1.54, 1.807) is 24.3 Å². The Hall–Kier alpha value is -0.800. The van der Waals surface area contributed by atoms with Crippen LogP contribution < -0.4 is 9.46 Å². The highest BCUT2D eigenvalue weighted by molar-refractivity contribution is 9.10. The van der Waals surface area contributed by atoms with Crippen LogP contribution in [0.25, 0.3) is 0 Å². The van der Waals surface area contributed by atoms with Gasteiger partial charge in [0.25, 0.3) is 0 Å². The average Bonchev–Trinajstić information content (AvgIpc) is 2.57. The molecule has 0 atom stereocenters. The van der Waals surface area contributed by atoms with E-state index < -0.39 is 10.0 Å². The molecule has 4 nitrogen and oxygen atoms in total. The summed E-state index contributed by atoms with van der Waals surface area (Å²) in [5.74, 6) is 0.745. The van der Waals surface area contributed by atoms with Crippen molar-refractivity contribution in [2.45, 2.75) is 10.6 Å². The van der Waals surface area contributed by atoms with Gasteiger partial charge in [0.05, 0.1) is 7.11 Å². The lowest BCUT2D eigenvalue weighted by atomic mass is 10.2. The van der Waals surface area contributed by atoms with Crippen molar-refractivity contribution in [3.63, 3.8) is 0 Å². The Morgan fingerprint density at radius 1 is 1.32 bits per heavy atom. The second-order valence-corrected chi connectivity index (χ2v) is 9.11. The fourth-order valence-corrected chi connectivity index (χ4v) is 5.09. The Morgan fingerprint density at radius 3 is 2.76 bits per heavy atom. The van der Waals surface area contributed by atoms with Crippen molar-refractivity contribution >= 4 is 49.3 Å². The molecule has 0 heterocycles. The van der Waals surface area contributed by atoms with Gasteiger partial charge in [-0.3, -0.25) is 0 Å². The van der Waals surface area contributed by atoms with Crippen molar-refractivity contribution in [2.75, 3.05) is 19.4 Å². The van der Waals surface area contributed by atoms with Crippen LogP contribution in [0.15, 0.2) is 45.8 Å². The van der Waals surface area contributed by atoms with E-state index >= 15 is 0 Å². The molecule has 2 aromatic carbocycles. The fraction of sp³-hybridized carbons (Fsp3) is 0.250. The van der Waals surface area contributed by atoms with Gasteiger partial charge in [-0.15, -0.1) is 0 Å². The highest BCUT2D eigenvalue weighted by atomic mass is 79.9. The van der Waals surface area contributed by atoms with Crippen LogP contribution in [0.4, 0.5) is 4.39 Å². The molecule has 0 saturated carbocycles. The van der Waals surface area contributed by atoms with Gasteiger partial charge in [0, 0.05) is 33.1 Å². The van der Waals surface area contributed by atoms with Crippen LogP contribution in [0.1, 0.15) is 5.56 Å². The summed E-state index contributed by atoms with van der Waals surface area (Å²) in [6, 6.07) is 9.28. The third kappa shape index (κ3) is 5.59. The summed E-state index contributed by atoms with van der Waals surface area (Å²) < 4.78 is 46.7.